The molecule has 7 heteroatoms. The number of nitrogens with zero attached hydrogens (tertiary/aromatic N) is 2. The largest absolute Gasteiger partial charge is 0.497 e. The molecular weight excluding hydrogens is 387 g/mol. The highest BCUT2D eigenvalue weighted by Crippen LogP contribution is 2.48. The van der Waals surface area contributed by atoms with E-state index in [1.807, 2.05) is 4.90 Å². The molecular formula is C23H21FN2O4. The van der Waals surface area contributed by atoms with Crippen molar-refractivity contribution in [2.75, 3.05) is 18.6 Å². The first-order valence-corrected chi connectivity index (χ1v) is 10.1. The van der Waals surface area contributed by atoms with Gasteiger partial charge in [0.15, 0.2) is 5.78 Å². The van der Waals surface area contributed by atoms with Crippen LogP contribution < -0.4 is 9.64 Å². The standard InChI is InChI=1S/C23H21FN2O4/c1-30-16-10-8-15(9-11-16)26-22(28)18-17-3-2-12-25(17)20(19(18)23(26)29)21(27)13-4-6-14(24)7-5-13/h4-11,17-20H,2-3,12H2,1H3/t17-,18-,19-,20+/m0/s1. The van der Waals surface area contributed by atoms with E-state index < -0.39 is 23.7 Å². The number of Topliss-reactive ketones (excluding diaryl/α,β-unsaturated/α-hetero) is 1. The molecule has 4 atom stereocenters. The van der Waals surface area contributed by atoms with Gasteiger partial charge in [0.05, 0.1) is 30.7 Å². The molecule has 0 aliphatic carbocycles. The van der Waals surface area contributed by atoms with Crippen LogP contribution in [-0.4, -0.2) is 48.2 Å². The maximum Gasteiger partial charge on any atom is 0.239 e. The molecule has 0 N–H and O–H groups in total. The van der Waals surface area contributed by atoms with Gasteiger partial charge in [0.1, 0.15) is 11.6 Å². The second-order valence-corrected chi connectivity index (χ2v) is 8.02. The fourth-order valence-electron chi connectivity index (χ4n) is 5.29. The quantitative estimate of drug-likeness (QED) is 0.575. The maximum absolute atomic E-state index is 13.4. The number of benzene rings is 2. The van der Waals surface area contributed by atoms with E-state index in [2.05, 4.69) is 0 Å². The van der Waals surface area contributed by atoms with E-state index in [-0.39, 0.29) is 23.6 Å². The first-order valence-electron chi connectivity index (χ1n) is 10.1. The molecule has 2 aromatic carbocycles. The van der Waals surface area contributed by atoms with E-state index in [0.717, 1.165) is 12.8 Å². The lowest BCUT2D eigenvalue weighted by Crippen LogP contribution is -2.46. The zero-order valence-corrected chi connectivity index (χ0v) is 16.5. The van der Waals surface area contributed by atoms with Crippen molar-refractivity contribution in [3.05, 3.63) is 59.9 Å². The van der Waals surface area contributed by atoms with Crippen LogP contribution in [0.25, 0.3) is 0 Å². The Morgan fingerprint density at radius 2 is 1.67 bits per heavy atom. The number of ether oxygens (including phenoxy) is 1. The van der Waals surface area contributed by atoms with Crippen LogP contribution in [0.15, 0.2) is 48.5 Å². The van der Waals surface area contributed by atoms with Crippen molar-refractivity contribution in [3.63, 3.8) is 0 Å². The Bertz CT molecular complexity index is 1020. The molecule has 0 saturated carbocycles. The number of carbonyl (C=O) groups is 3. The van der Waals surface area contributed by atoms with Gasteiger partial charge in [0.2, 0.25) is 11.8 Å². The third-order valence-corrected chi connectivity index (χ3v) is 6.58. The molecule has 0 spiro atoms. The van der Waals surface area contributed by atoms with Crippen molar-refractivity contribution in [3.8, 4) is 5.75 Å². The number of imide groups is 1. The van der Waals surface area contributed by atoms with Crippen LogP contribution in [0, 0.1) is 17.7 Å². The highest BCUT2D eigenvalue weighted by Gasteiger charge is 2.64. The first-order chi connectivity index (χ1) is 14.5. The number of rotatable bonds is 4. The Kier molecular flexibility index (Phi) is 4.43. The second kappa shape index (κ2) is 7.02. The Morgan fingerprint density at radius 3 is 2.33 bits per heavy atom. The summed E-state index contributed by atoms with van der Waals surface area (Å²) in [4.78, 5) is 43.3. The van der Waals surface area contributed by atoms with E-state index in [0.29, 0.717) is 23.5 Å². The number of ketones is 1. The molecule has 2 amide bonds. The molecule has 154 valence electrons. The third kappa shape index (κ3) is 2.69. The van der Waals surface area contributed by atoms with Crippen molar-refractivity contribution in [1.29, 1.82) is 0 Å². The van der Waals surface area contributed by atoms with Crippen LogP contribution in [0.5, 0.6) is 5.75 Å². The molecule has 6 nitrogen and oxygen atoms in total. The molecule has 3 saturated heterocycles. The van der Waals surface area contributed by atoms with Gasteiger partial charge < -0.3 is 4.74 Å². The van der Waals surface area contributed by atoms with Crippen molar-refractivity contribution in [2.45, 2.75) is 24.9 Å². The highest BCUT2D eigenvalue weighted by molar-refractivity contribution is 6.24. The van der Waals surface area contributed by atoms with Gasteiger partial charge in [0.25, 0.3) is 0 Å². The molecule has 30 heavy (non-hydrogen) atoms. The fourth-order valence-corrected chi connectivity index (χ4v) is 5.29. The molecule has 0 unspecified atom stereocenters. The van der Waals surface area contributed by atoms with Crippen LogP contribution >= 0.6 is 0 Å². The van der Waals surface area contributed by atoms with Crippen LogP contribution in [0.2, 0.25) is 0 Å². The SMILES string of the molecule is COc1ccc(N2C(=O)[C@@H]3[C@H](C2=O)[C@H](C(=O)c2ccc(F)cc2)N2CCC[C@@H]32)cc1. The maximum atomic E-state index is 13.4. The molecule has 0 radical (unpaired) electrons. The molecule has 0 bridgehead atoms. The Balaban J connectivity index is 1.52. The summed E-state index contributed by atoms with van der Waals surface area (Å²) in [5.74, 6) is -1.87. The van der Waals surface area contributed by atoms with Crippen molar-refractivity contribution >= 4 is 23.3 Å². The average Bonchev–Trinajstić information content (AvgIpc) is 3.40. The minimum Gasteiger partial charge on any atom is -0.497 e. The first kappa shape index (κ1) is 18.9. The Labute approximate surface area is 173 Å². The number of hydrogen-bond acceptors (Lipinski definition) is 5. The number of halogens is 1. The third-order valence-electron chi connectivity index (χ3n) is 6.58. The Hall–Kier alpha value is -3.06. The highest BCUT2D eigenvalue weighted by atomic mass is 19.1. The smallest absolute Gasteiger partial charge is 0.239 e. The summed E-state index contributed by atoms with van der Waals surface area (Å²) in [7, 11) is 1.55. The lowest BCUT2D eigenvalue weighted by Gasteiger charge is -2.27. The van der Waals surface area contributed by atoms with Crippen molar-refractivity contribution in [1.82, 2.24) is 4.90 Å². The summed E-state index contributed by atoms with van der Waals surface area (Å²) < 4.78 is 18.5. The van der Waals surface area contributed by atoms with Crippen molar-refractivity contribution in [2.24, 2.45) is 11.8 Å². The number of hydrogen-bond donors (Lipinski definition) is 0. The topological polar surface area (TPSA) is 66.9 Å². The predicted octanol–water partition coefficient (Wildman–Crippen LogP) is 2.67. The van der Waals surface area contributed by atoms with Gasteiger partial charge in [0, 0.05) is 11.6 Å². The van der Waals surface area contributed by atoms with Crippen molar-refractivity contribution < 1.29 is 23.5 Å². The lowest BCUT2D eigenvalue weighted by atomic mass is 9.85. The number of methoxy groups -OCH3 is 1. The predicted molar refractivity (Wildman–Crippen MR) is 107 cm³/mol. The number of amides is 2. The second-order valence-electron chi connectivity index (χ2n) is 8.02. The summed E-state index contributed by atoms with van der Waals surface area (Å²) in [6.07, 6.45) is 1.66. The summed E-state index contributed by atoms with van der Waals surface area (Å²) in [6, 6.07) is 11.3. The Morgan fingerprint density at radius 1 is 1.00 bits per heavy atom. The summed E-state index contributed by atoms with van der Waals surface area (Å²) >= 11 is 0. The molecule has 3 aliphatic rings. The van der Waals surface area contributed by atoms with E-state index in [4.69, 9.17) is 4.74 Å². The number of fused-ring (bicyclic) bond motifs is 3. The molecule has 3 heterocycles. The molecule has 5 rings (SSSR count). The lowest BCUT2D eigenvalue weighted by molar-refractivity contribution is -0.123. The summed E-state index contributed by atoms with van der Waals surface area (Å²) in [6.45, 7) is 0.679. The van der Waals surface area contributed by atoms with Crippen LogP contribution in [0.3, 0.4) is 0 Å². The van der Waals surface area contributed by atoms with E-state index in [9.17, 15) is 18.8 Å². The monoisotopic (exact) mass is 408 g/mol. The molecule has 2 aromatic rings. The van der Waals surface area contributed by atoms with Gasteiger partial charge in [-0.3, -0.25) is 19.3 Å². The van der Waals surface area contributed by atoms with Gasteiger partial charge >= 0.3 is 0 Å². The van der Waals surface area contributed by atoms with E-state index in [1.165, 1.54) is 29.2 Å². The van der Waals surface area contributed by atoms with E-state index in [1.54, 1.807) is 31.4 Å². The zero-order chi connectivity index (χ0) is 21.0. The minimum atomic E-state index is -0.720. The normalized spacial score (nSPS) is 28.0. The van der Waals surface area contributed by atoms with Gasteiger partial charge in [-0.25, -0.2) is 9.29 Å². The van der Waals surface area contributed by atoms with Crippen LogP contribution in [-0.2, 0) is 9.59 Å². The van der Waals surface area contributed by atoms with Gasteiger partial charge in [-0.05, 0) is 67.9 Å². The summed E-state index contributed by atoms with van der Waals surface area (Å²) in [5, 5.41) is 0. The minimum absolute atomic E-state index is 0.121. The number of carbonyl (C=O) groups excluding carboxylic acids is 3. The average molecular weight is 408 g/mol. The molecule has 3 aliphatic heterocycles. The molecule has 3 fully saturated rings. The summed E-state index contributed by atoms with van der Waals surface area (Å²) in [5.41, 5.74) is 0.841. The van der Waals surface area contributed by atoms with Gasteiger partial charge in [-0.1, -0.05) is 0 Å². The van der Waals surface area contributed by atoms with Crippen LogP contribution in [0.4, 0.5) is 10.1 Å². The van der Waals surface area contributed by atoms with E-state index >= 15 is 0 Å². The van der Waals surface area contributed by atoms with Gasteiger partial charge in [-0.15, -0.1) is 0 Å². The zero-order valence-electron chi connectivity index (χ0n) is 16.5. The number of anilines is 1. The van der Waals surface area contributed by atoms with Gasteiger partial charge in [-0.2, -0.15) is 0 Å². The van der Waals surface area contributed by atoms with Crippen LogP contribution in [0.1, 0.15) is 23.2 Å². The fraction of sp³-hybridized carbons (Fsp3) is 0.348. The molecule has 0 aromatic heterocycles.